The van der Waals surface area contributed by atoms with Gasteiger partial charge in [0, 0.05) is 51.1 Å². The molecule has 2 aliphatic rings. The Morgan fingerprint density at radius 2 is 2.00 bits per heavy atom. The van der Waals surface area contributed by atoms with E-state index in [4.69, 9.17) is 29.6 Å². The van der Waals surface area contributed by atoms with Gasteiger partial charge in [0.25, 0.3) is 0 Å². The molecule has 0 bridgehead atoms. The van der Waals surface area contributed by atoms with Crippen molar-refractivity contribution in [1.29, 1.82) is 0 Å². The van der Waals surface area contributed by atoms with Crippen molar-refractivity contribution >= 4 is 22.8 Å². The monoisotopic (exact) mass is 598 g/mol. The first kappa shape index (κ1) is 27.7. The van der Waals surface area contributed by atoms with Crippen LogP contribution in [0.1, 0.15) is 31.2 Å². The third kappa shape index (κ3) is 5.65. The molecule has 12 heteroatoms. The number of carbonyl (C=O) groups excluding carboxylic acids is 1. The van der Waals surface area contributed by atoms with Crippen LogP contribution in [0, 0.1) is 6.92 Å². The van der Waals surface area contributed by atoms with Crippen LogP contribution in [0.2, 0.25) is 0 Å². The number of aryl methyl sites for hydroxylation is 1. The van der Waals surface area contributed by atoms with E-state index in [-0.39, 0.29) is 12.1 Å². The Balaban J connectivity index is 1.19. The Morgan fingerprint density at radius 1 is 1.12 bits per heavy atom. The van der Waals surface area contributed by atoms with E-state index in [9.17, 15) is 4.79 Å². The number of aromatic nitrogens is 6. The topological polar surface area (TPSA) is 103 Å². The van der Waals surface area contributed by atoms with Gasteiger partial charge < -0.3 is 14.4 Å². The fourth-order valence-corrected chi connectivity index (χ4v) is 6.74. The van der Waals surface area contributed by atoms with Gasteiger partial charge in [0.1, 0.15) is 28.6 Å². The molecule has 5 aromatic rings. The van der Waals surface area contributed by atoms with Gasteiger partial charge in [-0.25, -0.2) is 19.2 Å². The summed E-state index contributed by atoms with van der Waals surface area (Å²) < 4.78 is 15.8. The minimum Gasteiger partial charge on any atom is -0.492 e. The van der Waals surface area contributed by atoms with E-state index in [2.05, 4.69) is 17.0 Å². The van der Waals surface area contributed by atoms with Gasteiger partial charge in [-0.15, -0.1) is 16.4 Å². The number of hydrogen-bond donors (Lipinski definition) is 0. The van der Waals surface area contributed by atoms with Crippen molar-refractivity contribution in [3.8, 4) is 38.3 Å². The molecule has 0 radical (unpaired) electrons. The van der Waals surface area contributed by atoms with E-state index in [1.54, 1.807) is 22.6 Å². The van der Waals surface area contributed by atoms with Crippen molar-refractivity contribution in [1.82, 2.24) is 39.2 Å². The summed E-state index contributed by atoms with van der Waals surface area (Å²) >= 11 is 1.57. The number of nitrogens with zero attached hydrogens (tertiary/aromatic N) is 8. The number of hydrogen-bond acceptors (Lipinski definition) is 9. The first-order chi connectivity index (χ1) is 21.0. The number of amides is 1. The van der Waals surface area contributed by atoms with Gasteiger partial charge in [-0.2, -0.15) is 5.10 Å². The second-order valence-electron chi connectivity index (χ2n) is 11.0. The fourth-order valence-electron chi connectivity index (χ4n) is 5.61. The number of piperazine rings is 1. The first-order valence-electron chi connectivity index (χ1n) is 14.7. The van der Waals surface area contributed by atoms with E-state index in [1.807, 2.05) is 59.7 Å². The van der Waals surface area contributed by atoms with Crippen LogP contribution < -0.4 is 4.74 Å². The van der Waals surface area contributed by atoms with Gasteiger partial charge in [0.05, 0.1) is 29.0 Å². The molecule has 0 aliphatic carbocycles. The maximum atomic E-state index is 12.1. The molecule has 2 aliphatic heterocycles. The lowest BCUT2D eigenvalue weighted by Gasteiger charge is -2.31. The second kappa shape index (κ2) is 11.9. The Hall–Kier alpha value is -4.13. The van der Waals surface area contributed by atoms with Crippen LogP contribution in [-0.2, 0) is 9.53 Å². The lowest BCUT2D eigenvalue weighted by atomic mass is 10.1. The summed E-state index contributed by atoms with van der Waals surface area (Å²) in [7, 11) is 1.85. The van der Waals surface area contributed by atoms with Crippen molar-refractivity contribution < 1.29 is 14.3 Å². The third-order valence-electron chi connectivity index (χ3n) is 8.04. The van der Waals surface area contributed by atoms with Crippen LogP contribution in [0.5, 0.6) is 5.75 Å². The Kier molecular flexibility index (Phi) is 7.64. The molecule has 43 heavy (non-hydrogen) atoms. The Bertz CT molecular complexity index is 1740. The second-order valence-corrected chi connectivity index (χ2v) is 12.0. The maximum absolute atomic E-state index is 12.1. The molecule has 2 saturated heterocycles. The Morgan fingerprint density at radius 3 is 2.81 bits per heavy atom. The molecule has 1 amide bonds. The molecule has 4 aromatic heterocycles. The number of pyridine rings is 1. The molecule has 0 saturated carbocycles. The standard InChI is InChI=1S/C31H34N8O3S/c1-21-27(24-18-23(11-12-38(24)34-21)41-17-15-37-14-13-36(2)25(40)19-37)31-33-28(22-8-4-3-5-9-22)29(43-31)30-32-20-39(35-30)26-10-6-7-16-42-26/h3-5,8-9,11-12,18,20,26H,6-7,10,13-17,19H2,1-2H3. The van der Waals surface area contributed by atoms with Crippen molar-refractivity contribution in [2.24, 2.45) is 0 Å². The average molecular weight is 599 g/mol. The van der Waals surface area contributed by atoms with E-state index in [0.29, 0.717) is 25.5 Å². The number of fused-ring (bicyclic) bond motifs is 1. The number of ether oxygens (including phenoxy) is 2. The van der Waals surface area contributed by atoms with Gasteiger partial charge in [0.2, 0.25) is 5.91 Å². The van der Waals surface area contributed by atoms with E-state index in [1.165, 1.54) is 0 Å². The average Bonchev–Trinajstić information content (AvgIpc) is 3.76. The van der Waals surface area contributed by atoms with Gasteiger partial charge >= 0.3 is 0 Å². The minimum absolute atomic E-state index is 0.0837. The molecule has 2 fully saturated rings. The summed E-state index contributed by atoms with van der Waals surface area (Å²) in [4.78, 5) is 26.7. The van der Waals surface area contributed by atoms with Gasteiger partial charge in [-0.3, -0.25) is 9.69 Å². The molecule has 11 nitrogen and oxygen atoms in total. The highest BCUT2D eigenvalue weighted by Gasteiger charge is 2.25. The summed E-state index contributed by atoms with van der Waals surface area (Å²) in [5.74, 6) is 1.54. The zero-order chi connectivity index (χ0) is 29.3. The highest BCUT2D eigenvalue weighted by molar-refractivity contribution is 7.19. The highest BCUT2D eigenvalue weighted by Crippen LogP contribution is 2.42. The molecule has 0 spiro atoms. The Labute approximate surface area is 253 Å². The molecule has 1 unspecified atom stereocenters. The van der Waals surface area contributed by atoms with Crippen LogP contribution >= 0.6 is 11.3 Å². The largest absolute Gasteiger partial charge is 0.492 e. The first-order valence-corrected chi connectivity index (χ1v) is 15.5. The summed E-state index contributed by atoms with van der Waals surface area (Å²) in [6, 6.07) is 14.1. The van der Waals surface area contributed by atoms with Gasteiger partial charge in [-0.05, 0) is 32.3 Å². The van der Waals surface area contributed by atoms with Crippen molar-refractivity contribution in [3.63, 3.8) is 0 Å². The zero-order valence-corrected chi connectivity index (χ0v) is 25.2. The van der Waals surface area contributed by atoms with Crippen molar-refractivity contribution in [3.05, 3.63) is 60.7 Å². The van der Waals surface area contributed by atoms with Crippen LogP contribution in [0.15, 0.2) is 55.0 Å². The molecular weight excluding hydrogens is 564 g/mol. The molecular formula is C31H34N8O3S. The molecule has 7 rings (SSSR count). The predicted molar refractivity (Wildman–Crippen MR) is 164 cm³/mol. The minimum atomic E-state index is -0.0837. The van der Waals surface area contributed by atoms with Crippen molar-refractivity contribution in [2.45, 2.75) is 32.4 Å². The van der Waals surface area contributed by atoms with E-state index >= 15 is 0 Å². The van der Waals surface area contributed by atoms with Crippen LogP contribution in [0.4, 0.5) is 0 Å². The SMILES string of the molecule is Cc1nn2ccc(OCCN3CCN(C)C(=O)C3)cc2c1-c1nc(-c2ccccc2)c(-c2ncn(C3CCCCO3)n2)s1. The molecule has 1 atom stereocenters. The number of carbonyl (C=O) groups is 1. The van der Waals surface area contributed by atoms with Crippen LogP contribution in [0.25, 0.3) is 38.0 Å². The number of likely N-dealkylation sites (N-methyl/N-ethyl adjacent to an activating group) is 1. The quantitative estimate of drug-likeness (QED) is 0.257. The molecule has 222 valence electrons. The van der Waals surface area contributed by atoms with Crippen LogP contribution in [-0.4, -0.2) is 91.5 Å². The lowest BCUT2D eigenvalue weighted by Crippen LogP contribution is -2.49. The number of benzene rings is 1. The summed E-state index contributed by atoms with van der Waals surface area (Å²) in [5.41, 5.74) is 4.60. The summed E-state index contributed by atoms with van der Waals surface area (Å²) in [6.07, 6.45) is 6.73. The van der Waals surface area contributed by atoms with E-state index < -0.39 is 0 Å². The summed E-state index contributed by atoms with van der Waals surface area (Å²) in [5, 5.41) is 10.5. The zero-order valence-electron chi connectivity index (χ0n) is 24.3. The molecule has 1 aromatic carbocycles. The van der Waals surface area contributed by atoms with Crippen LogP contribution in [0.3, 0.4) is 0 Å². The fraction of sp³-hybridized carbons (Fsp3) is 0.387. The molecule has 0 N–H and O–H groups in total. The number of thiazole rings is 1. The van der Waals surface area contributed by atoms with E-state index in [0.717, 1.165) is 82.6 Å². The normalized spacial score (nSPS) is 18.0. The molecule has 6 heterocycles. The summed E-state index contributed by atoms with van der Waals surface area (Å²) in [6.45, 7) is 5.97. The smallest absolute Gasteiger partial charge is 0.236 e. The highest BCUT2D eigenvalue weighted by atomic mass is 32.1. The maximum Gasteiger partial charge on any atom is 0.236 e. The van der Waals surface area contributed by atoms with Gasteiger partial charge in [0.15, 0.2) is 12.1 Å². The number of rotatable bonds is 8. The van der Waals surface area contributed by atoms with Crippen molar-refractivity contribution in [2.75, 3.05) is 46.4 Å². The predicted octanol–water partition coefficient (Wildman–Crippen LogP) is 4.54. The third-order valence-corrected chi connectivity index (χ3v) is 9.11. The van der Waals surface area contributed by atoms with Gasteiger partial charge in [-0.1, -0.05) is 30.3 Å². The lowest BCUT2D eigenvalue weighted by molar-refractivity contribution is -0.134.